The third-order valence-electron chi connectivity index (χ3n) is 4.21. The third-order valence-corrected chi connectivity index (χ3v) is 4.21. The Labute approximate surface area is 101 Å². The summed E-state index contributed by atoms with van der Waals surface area (Å²) in [7, 11) is 0. The van der Waals surface area contributed by atoms with Gasteiger partial charge < -0.3 is 10.5 Å². The fraction of sp³-hybridized carbons (Fsp3) is 0.571. The number of aryl methyl sites for hydroxylation is 1. The molecule has 1 aromatic rings. The van der Waals surface area contributed by atoms with E-state index < -0.39 is 0 Å². The molecule has 0 amide bonds. The van der Waals surface area contributed by atoms with Crippen LogP contribution in [-0.4, -0.2) is 12.2 Å². The van der Waals surface area contributed by atoms with Gasteiger partial charge in [0, 0.05) is 12.0 Å². The van der Waals surface area contributed by atoms with Gasteiger partial charge in [-0.3, -0.25) is 0 Å². The number of fused-ring (bicyclic) bond motifs is 2. The lowest BCUT2D eigenvalue weighted by Gasteiger charge is -2.26. The molecule has 2 aliphatic heterocycles. The van der Waals surface area contributed by atoms with Crippen LogP contribution >= 0.6 is 0 Å². The van der Waals surface area contributed by atoms with E-state index in [0.29, 0.717) is 12.0 Å². The van der Waals surface area contributed by atoms with Crippen LogP contribution in [-0.2, 0) is 4.74 Å². The Morgan fingerprint density at radius 3 is 2.88 bits per heavy atom. The maximum absolute atomic E-state index is 13.3. The number of rotatable bonds is 2. The average molecular weight is 235 g/mol. The molecule has 2 N–H and O–H groups in total. The Morgan fingerprint density at radius 1 is 1.41 bits per heavy atom. The fourth-order valence-corrected chi connectivity index (χ4v) is 3.26. The van der Waals surface area contributed by atoms with E-state index in [1.165, 1.54) is 6.07 Å². The van der Waals surface area contributed by atoms with E-state index in [1.54, 1.807) is 12.1 Å². The summed E-state index contributed by atoms with van der Waals surface area (Å²) in [5, 5.41) is 0. The van der Waals surface area contributed by atoms with E-state index >= 15 is 0 Å². The molecule has 1 aromatic carbocycles. The highest BCUT2D eigenvalue weighted by Crippen LogP contribution is 2.44. The van der Waals surface area contributed by atoms with Gasteiger partial charge in [-0.15, -0.1) is 0 Å². The lowest BCUT2D eigenvalue weighted by molar-refractivity contribution is 0.0884. The van der Waals surface area contributed by atoms with Crippen molar-refractivity contribution in [2.24, 2.45) is 11.7 Å². The highest BCUT2D eigenvalue weighted by Gasteiger charge is 2.43. The molecule has 2 heterocycles. The molecule has 4 unspecified atom stereocenters. The van der Waals surface area contributed by atoms with E-state index in [0.717, 1.165) is 30.4 Å². The Balaban J connectivity index is 1.86. The van der Waals surface area contributed by atoms with Crippen LogP contribution in [0.3, 0.4) is 0 Å². The van der Waals surface area contributed by atoms with Crippen molar-refractivity contribution in [2.45, 2.75) is 44.4 Å². The summed E-state index contributed by atoms with van der Waals surface area (Å²) in [4.78, 5) is 0. The Hall–Kier alpha value is -0.930. The van der Waals surface area contributed by atoms with Crippen molar-refractivity contribution >= 4 is 0 Å². The van der Waals surface area contributed by atoms with Gasteiger partial charge in [0.1, 0.15) is 5.82 Å². The molecular formula is C14H18FNO. The van der Waals surface area contributed by atoms with Crippen LogP contribution in [0.15, 0.2) is 18.2 Å². The molecule has 0 spiro atoms. The first kappa shape index (κ1) is 11.2. The van der Waals surface area contributed by atoms with E-state index in [-0.39, 0.29) is 18.0 Å². The second-order valence-electron chi connectivity index (χ2n) is 5.30. The maximum atomic E-state index is 13.3. The maximum Gasteiger partial charge on any atom is 0.123 e. The van der Waals surface area contributed by atoms with Gasteiger partial charge in [0.05, 0.1) is 12.2 Å². The van der Waals surface area contributed by atoms with Gasteiger partial charge in [0.15, 0.2) is 0 Å². The van der Waals surface area contributed by atoms with Gasteiger partial charge in [0.25, 0.3) is 0 Å². The van der Waals surface area contributed by atoms with Crippen LogP contribution in [0.25, 0.3) is 0 Å². The minimum absolute atomic E-state index is 0.0963. The lowest BCUT2D eigenvalue weighted by Crippen LogP contribution is -2.29. The first-order valence-electron chi connectivity index (χ1n) is 6.32. The zero-order valence-electron chi connectivity index (χ0n) is 10.0. The summed E-state index contributed by atoms with van der Waals surface area (Å²) < 4.78 is 19.1. The quantitative estimate of drug-likeness (QED) is 0.855. The van der Waals surface area contributed by atoms with Crippen molar-refractivity contribution in [2.75, 3.05) is 0 Å². The van der Waals surface area contributed by atoms with Crippen LogP contribution in [0.4, 0.5) is 4.39 Å². The number of benzene rings is 1. The fourth-order valence-electron chi connectivity index (χ4n) is 3.26. The minimum atomic E-state index is -0.204. The van der Waals surface area contributed by atoms with Crippen molar-refractivity contribution in [3.05, 3.63) is 35.1 Å². The van der Waals surface area contributed by atoms with Crippen molar-refractivity contribution in [3.8, 4) is 0 Å². The molecule has 2 aliphatic rings. The molecule has 0 saturated carbocycles. The zero-order chi connectivity index (χ0) is 12.0. The Bertz CT molecular complexity index is 434. The second-order valence-corrected chi connectivity index (χ2v) is 5.30. The molecule has 17 heavy (non-hydrogen) atoms. The molecule has 0 radical (unpaired) electrons. The molecule has 0 aliphatic carbocycles. The summed E-state index contributed by atoms with van der Waals surface area (Å²) >= 11 is 0. The molecule has 2 fully saturated rings. The topological polar surface area (TPSA) is 35.2 Å². The number of hydrogen-bond donors (Lipinski definition) is 1. The van der Waals surface area contributed by atoms with Gasteiger partial charge in [-0.25, -0.2) is 4.39 Å². The van der Waals surface area contributed by atoms with Crippen molar-refractivity contribution in [1.29, 1.82) is 0 Å². The van der Waals surface area contributed by atoms with E-state index in [1.807, 2.05) is 6.92 Å². The predicted molar refractivity (Wildman–Crippen MR) is 64.1 cm³/mol. The van der Waals surface area contributed by atoms with E-state index in [4.69, 9.17) is 10.5 Å². The highest BCUT2D eigenvalue weighted by molar-refractivity contribution is 5.30. The number of ether oxygens (including phenoxy) is 1. The summed E-state index contributed by atoms with van der Waals surface area (Å²) in [5.74, 6) is 0.152. The van der Waals surface area contributed by atoms with Crippen molar-refractivity contribution < 1.29 is 9.13 Å². The monoisotopic (exact) mass is 235 g/mol. The van der Waals surface area contributed by atoms with Crippen LogP contribution in [0, 0.1) is 18.7 Å². The van der Waals surface area contributed by atoms with E-state index in [2.05, 4.69) is 0 Å². The van der Waals surface area contributed by atoms with Gasteiger partial charge in [-0.05, 0) is 49.4 Å². The molecular weight excluding hydrogens is 217 g/mol. The Kier molecular flexibility index (Phi) is 2.68. The van der Waals surface area contributed by atoms with Crippen molar-refractivity contribution in [1.82, 2.24) is 0 Å². The normalized spacial score (nSPS) is 33.0. The largest absolute Gasteiger partial charge is 0.375 e. The summed E-state index contributed by atoms with van der Waals surface area (Å²) in [6.45, 7) is 1.99. The first-order valence-corrected chi connectivity index (χ1v) is 6.32. The van der Waals surface area contributed by atoms with Crippen molar-refractivity contribution in [3.63, 3.8) is 0 Å². The molecule has 2 bridgehead atoms. The summed E-state index contributed by atoms with van der Waals surface area (Å²) in [6.07, 6.45) is 3.98. The molecule has 3 rings (SSSR count). The SMILES string of the molecule is Cc1ccc(F)cc1C(N)C1CC2CCC1O2. The van der Waals surface area contributed by atoms with E-state index in [9.17, 15) is 4.39 Å². The van der Waals surface area contributed by atoms with Gasteiger partial charge in [-0.1, -0.05) is 6.07 Å². The zero-order valence-corrected chi connectivity index (χ0v) is 10.0. The predicted octanol–water partition coefficient (Wildman–Crippen LogP) is 2.70. The summed E-state index contributed by atoms with van der Waals surface area (Å²) in [5.41, 5.74) is 8.32. The highest BCUT2D eigenvalue weighted by atomic mass is 19.1. The van der Waals surface area contributed by atoms with Crippen LogP contribution in [0.5, 0.6) is 0 Å². The van der Waals surface area contributed by atoms with Crippen LogP contribution in [0.2, 0.25) is 0 Å². The molecule has 92 valence electrons. The number of hydrogen-bond acceptors (Lipinski definition) is 2. The Morgan fingerprint density at radius 2 is 2.24 bits per heavy atom. The first-order chi connectivity index (χ1) is 8.15. The van der Waals surface area contributed by atoms with Crippen LogP contribution in [0.1, 0.15) is 36.4 Å². The molecule has 3 heteroatoms. The molecule has 2 nitrogen and oxygen atoms in total. The number of halogens is 1. The number of nitrogens with two attached hydrogens (primary N) is 1. The van der Waals surface area contributed by atoms with Gasteiger partial charge >= 0.3 is 0 Å². The lowest BCUT2D eigenvalue weighted by atomic mass is 9.80. The molecule has 2 saturated heterocycles. The smallest absolute Gasteiger partial charge is 0.123 e. The molecule has 4 atom stereocenters. The second kappa shape index (κ2) is 4.07. The van der Waals surface area contributed by atoms with Crippen LogP contribution < -0.4 is 5.73 Å². The summed E-state index contributed by atoms with van der Waals surface area (Å²) in [6, 6.07) is 4.77. The van der Waals surface area contributed by atoms with Gasteiger partial charge in [-0.2, -0.15) is 0 Å². The third kappa shape index (κ3) is 1.87. The van der Waals surface area contributed by atoms with Gasteiger partial charge in [0.2, 0.25) is 0 Å². The standard InChI is InChI=1S/C14H18FNO/c1-8-2-3-9(15)6-11(8)14(16)12-7-10-4-5-13(12)17-10/h2-3,6,10,12-14H,4-5,7,16H2,1H3. The minimum Gasteiger partial charge on any atom is -0.375 e. The molecule has 0 aromatic heterocycles. The average Bonchev–Trinajstić information content (AvgIpc) is 2.93.